The number of hydrogen-bond acceptors (Lipinski definition) is 5. The molecule has 4 N–H and O–H groups in total. The summed E-state index contributed by atoms with van der Waals surface area (Å²) in [5.74, 6) is -1.55. The normalized spacial score (nSPS) is 14.2. The molecule has 0 aliphatic heterocycles. The number of benzene rings is 1. The molecule has 0 aromatic heterocycles. The van der Waals surface area contributed by atoms with Crippen molar-refractivity contribution in [2.24, 2.45) is 0 Å². The minimum Gasteiger partial charge on any atom is -0.507 e. The molecule has 0 saturated heterocycles. The number of ether oxygens (including phenoxy) is 1. The highest BCUT2D eigenvalue weighted by atomic mass is 16.5. The number of aliphatic hydroxyl groups is 2. The van der Waals surface area contributed by atoms with Crippen LogP contribution in [0.25, 0.3) is 0 Å². The first-order valence-corrected chi connectivity index (χ1v) is 4.43. The number of aliphatic carboxylic acids is 1. The molecule has 6 heteroatoms. The van der Waals surface area contributed by atoms with E-state index in [0.29, 0.717) is 5.75 Å². The molecule has 0 radical (unpaired) electrons. The van der Waals surface area contributed by atoms with Gasteiger partial charge in [0, 0.05) is 11.6 Å². The maximum Gasteiger partial charge on any atom is 0.335 e. The van der Waals surface area contributed by atoms with Crippen LogP contribution in [0.15, 0.2) is 18.2 Å². The average Bonchev–Trinajstić information content (AvgIpc) is 2.26. The van der Waals surface area contributed by atoms with Gasteiger partial charge in [-0.15, -0.1) is 0 Å². The molecular formula is C10H12O6. The number of phenolic OH excluding ortho intramolecular Hbond substituents is 1. The van der Waals surface area contributed by atoms with E-state index in [1.54, 1.807) is 0 Å². The molecule has 16 heavy (non-hydrogen) atoms. The lowest BCUT2D eigenvalue weighted by atomic mass is 10.0. The predicted octanol–water partition coefficient (Wildman–Crippen LogP) is -0.120. The Morgan fingerprint density at radius 3 is 2.44 bits per heavy atom. The quantitative estimate of drug-likeness (QED) is 0.572. The fourth-order valence-electron chi connectivity index (χ4n) is 1.21. The summed E-state index contributed by atoms with van der Waals surface area (Å²) in [6.45, 7) is 0. The molecule has 0 amide bonds. The van der Waals surface area contributed by atoms with Crippen LogP contribution in [0.1, 0.15) is 11.7 Å². The Morgan fingerprint density at radius 2 is 2.00 bits per heavy atom. The molecule has 1 rings (SSSR count). The van der Waals surface area contributed by atoms with Crippen molar-refractivity contribution in [2.75, 3.05) is 7.11 Å². The van der Waals surface area contributed by atoms with Crippen molar-refractivity contribution < 1.29 is 30.0 Å². The lowest BCUT2D eigenvalue weighted by Gasteiger charge is -2.15. The van der Waals surface area contributed by atoms with Gasteiger partial charge < -0.3 is 25.2 Å². The molecule has 6 nitrogen and oxygen atoms in total. The van der Waals surface area contributed by atoms with Crippen molar-refractivity contribution in [3.05, 3.63) is 23.8 Å². The molecule has 0 aliphatic carbocycles. The summed E-state index contributed by atoms with van der Waals surface area (Å²) in [6.07, 6.45) is -3.68. The van der Waals surface area contributed by atoms with Crippen LogP contribution >= 0.6 is 0 Å². The van der Waals surface area contributed by atoms with E-state index < -0.39 is 18.2 Å². The highest BCUT2D eigenvalue weighted by Crippen LogP contribution is 2.30. The molecule has 1 aromatic rings. The van der Waals surface area contributed by atoms with Crippen LogP contribution in [-0.2, 0) is 4.79 Å². The molecule has 0 spiro atoms. The molecular weight excluding hydrogens is 216 g/mol. The maximum absolute atomic E-state index is 10.4. The van der Waals surface area contributed by atoms with Gasteiger partial charge in [-0.1, -0.05) is 0 Å². The first-order valence-electron chi connectivity index (χ1n) is 4.43. The van der Waals surface area contributed by atoms with Crippen LogP contribution in [-0.4, -0.2) is 39.6 Å². The first-order chi connectivity index (χ1) is 7.47. The first kappa shape index (κ1) is 12.3. The van der Waals surface area contributed by atoms with Crippen molar-refractivity contribution in [3.63, 3.8) is 0 Å². The Bertz CT molecular complexity index is 389. The summed E-state index contributed by atoms with van der Waals surface area (Å²) in [4.78, 5) is 10.4. The van der Waals surface area contributed by atoms with Gasteiger partial charge in [0.2, 0.25) is 0 Å². The third-order valence-electron chi connectivity index (χ3n) is 2.11. The number of aliphatic hydroxyl groups excluding tert-OH is 2. The van der Waals surface area contributed by atoms with E-state index in [4.69, 9.17) is 14.9 Å². The van der Waals surface area contributed by atoms with Gasteiger partial charge in [0.1, 0.15) is 17.6 Å². The predicted molar refractivity (Wildman–Crippen MR) is 53.3 cm³/mol. The minimum absolute atomic E-state index is 0.0734. The zero-order valence-corrected chi connectivity index (χ0v) is 8.49. The van der Waals surface area contributed by atoms with E-state index in [2.05, 4.69) is 0 Å². The lowest BCUT2D eigenvalue weighted by molar-refractivity contribution is -0.153. The van der Waals surface area contributed by atoms with Crippen molar-refractivity contribution in [3.8, 4) is 11.5 Å². The second-order valence-electron chi connectivity index (χ2n) is 3.15. The number of carboxylic acid groups (broad SMARTS) is 1. The fraction of sp³-hybridized carbons (Fsp3) is 0.300. The van der Waals surface area contributed by atoms with Gasteiger partial charge in [0.15, 0.2) is 6.10 Å². The number of methoxy groups -OCH3 is 1. The van der Waals surface area contributed by atoms with Crippen LogP contribution in [0.3, 0.4) is 0 Å². The Hall–Kier alpha value is -1.79. The Morgan fingerprint density at radius 1 is 1.38 bits per heavy atom. The number of phenols is 1. The number of hydrogen-bond donors (Lipinski definition) is 4. The number of carbonyl (C=O) groups is 1. The third-order valence-corrected chi connectivity index (χ3v) is 2.11. The molecule has 0 heterocycles. The number of aromatic hydroxyl groups is 1. The summed E-state index contributed by atoms with van der Waals surface area (Å²) >= 11 is 0. The highest BCUT2D eigenvalue weighted by molar-refractivity contribution is 5.73. The molecule has 2 unspecified atom stereocenters. The molecule has 0 fully saturated rings. The molecule has 0 bridgehead atoms. The highest BCUT2D eigenvalue weighted by Gasteiger charge is 2.27. The molecule has 2 atom stereocenters. The summed E-state index contributed by atoms with van der Waals surface area (Å²) in [6, 6.07) is 3.94. The average molecular weight is 228 g/mol. The Balaban J connectivity index is 3.00. The summed E-state index contributed by atoms with van der Waals surface area (Å²) in [5.41, 5.74) is -0.0734. The van der Waals surface area contributed by atoms with E-state index in [0.717, 1.165) is 0 Å². The van der Waals surface area contributed by atoms with Crippen LogP contribution in [0.5, 0.6) is 11.5 Å². The topological polar surface area (TPSA) is 107 Å². The van der Waals surface area contributed by atoms with E-state index in [9.17, 15) is 15.0 Å². The molecule has 0 aliphatic rings. The third kappa shape index (κ3) is 2.41. The maximum atomic E-state index is 10.4. The van der Waals surface area contributed by atoms with Gasteiger partial charge in [-0.3, -0.25) is 0 Å². The molecule has 1 aromatic carbocycles. The zero-order valence-electron chi connectivity index (χ0n) is 8.49. The monoisotopic (exact) mass is 228 g/mol. The van der Waals surface area contributed by atoms with Crippen LogP contribution < -0.4 is 4.74 Å². The van der Waals surface area contributed by atoms with Crippen LogP contribution in [0, 0.1) is 0 Å². The molecule has 88 valence electrons. The van der Waals surface area contributed by atoms with Gasteiger partial charge in [0.25, 0.3) is 0 Å². The van der Waals surface area contributed by atoms with Crippen molar-refractivity contribution in [1.29, 1.82) is 0 Å². The Kier molecular flexibility index (Phi) is 3.70. The second kappa shape index (κ2) is 4.82. The van der Waals surface area contributed by atoms with Crippen molar-refractivity contribution in [2.45, 2.75) is 12.2 Å². The second-order valence-corrected chi connectivity index (χ2v) is 3.15. The largest absolute Gasteiger partial charge is 0.507 e. The summed E-state index contributed by atoms with van der Waals surface area (Å²) in [7, 11) is 1.40. The Labute approximate surface area is 91.3 Å². The lowest BCUT2D eigenvalue weighted by Crippen LogP contribution is -2.27. The van der Waals surface area contributed by atoms with Gasteiger partial charge in [-0.2, -0.15) is 0 Å². The smallest absolute Gasteiger partial charge is 0.335 e. The van der Waals surface area contributed by atoms with E-state index in [1.165, 1.54) is 25.3 Å². The van der Waals surface area contributed by atoms with Gasteiger partial charge in [-0.05, 0) is 12.1 Å². The SMILES string of the molecule is COc1ccc(C(O)C(O)C(=O)O)c(O)c1. The van der Waals surface area contributed by atoms with Crippen LogP contribution in [0.2, 0.25) is 0 Å². The van der Waals surface area contributed by atoms with Crippen molar-refractivity contribution in [1.82, 2.24) is 0 Å². The van der Waals surface area contributed by atoms with Crippen LogP contribution in [0.4, 0.5) is 0 Å². The van der Waals surface area contributed by atoms with Gasteiger partial charge >= 0.3 is 5.97 Å². The van der Waals surface area contributed by atoms with E-state index in [-0.39, 0.29) is 11.3 Å². The standard InChI is InChI=1S/C10H12O6/c1-16-5-2-3-6(7(11)4-5)8(12)9(13)10(14)15/h2-4,8-9,11-13H,1H3,(H,14,15). The minimum atomic E-state index is -1.99. The van der Waals surface area contributed by atoms with Gasteiger partial charge in [0.05, 0.1) is 7.11 Å². The fourth-order valence-corrected chi connectivity index (χ4v) is 1.21. The van der Waals surface area contributed by atoms with E-state index in [1.807, 2.05) is 0 Å². The summed E-state index contributed by atoms with van der Waals surface area (Å²) in [5, 5.41) is 36.5. The number of carboxylic acids is 1. The van der Waals surface area contributed by atoms with Gasteiger partial charge in [-0.25, -0.2) is 4.79 Å². The van der Waals surface area contributed by atoms with Crippen molar-refractivity contribution >= 4 is 5.97 Å². The zero-order chi connectivity index (χ0) is 12.3. The molecule has 0 saturated carbocycles. The van der Waals surface area contributed by atoms with E-state index >= 15 is 0 Å². The summed E-state index contributed by atoms with van der Waals surface area (Å²) < 4.78 is 4.82. The number of rotatable bonds is 4.